The van der Waals surface area contributed by atoms with Gasteiger partial charge in [0.25, 0.3) is 0 Å². The summed E-state index contributed by atoms with van der Waals surface area (Å²) < 4.78 is 25.4. The first kappa shape index (κ1) is 16.1. The summed E-state index contributed by atoms with van der Waals surface area (Å²) in [6, 6.07) is 5.60. The summed E-state index contributed by atoms with van der Waals surface area (Å²) >= 11 is 5.05. The molecule has 0 amide bonds. The number of halogens is 1. The summed E-state index contributed by atoms with van der Waals surface area (Å²) in [5.41, 5.74) is 1.57. The third-order valence-corrected chi connectivity index (χ3v) is 7.20. The average molecular weight is 380 g/mol. The molecule has 1 aliphatic rings. The lowest BCUT2D eigenvalue weighted by Gasteiger charge is -2.37. The Labute approximate surface area is 132 Å². The van der Waals surface area contributed by atoms with Crippen LogP contribution in [0.2, 0.25) is 0 Å². The molecule has 1 aromatic rings. The van der Waals surface area contributed by atoms with Crippen molar-refractivity contribution in [2.24, 2.45) is 0 Å². The van der Waals surface area contributed by atoms with E-state index in [1.807, 2.05) is 23.1 Å². The van der Waals surface area contributed by atoms with Gasteiger partial charge >= 0.3 is 0 Å². The number of nitrogens with zero attached hydrogens (tertiary/aromatic N) is 1. The summed E-state index contributed by atoms with van der Waals surface area (Å²) in [5.74, 6) is 1.62. The molecule has 112 valence electrons. The Bertz CT molecular complexity index is 577. The molecule has 7 heteroatoms. The number of hydrogen-bond donors (Lipinski definition) is 1. The van der Waals surface area contributed by atoms with Gasteiger partial charge < -0.3 is 10.0 Å². The average Bonchev–Trinajstić information content (AvgIpc) is 2.47. The lowest BCUT2D eigenvalue weighted by Crippen LogP contribution is -2.48. The first-order valence-electron chi connectivity index (χ1n) is 6.45. The highest BCUT2D eigenvalue weighted by atomic mass is 79.9. The molecular weight excluding hydrogens is 362 g/mol. The van der Waals surface area contributed by atoms with Gasteiger partial charge in [0.2, 0.25) is 0 Å². The Kier molecular flexibility index (Phi) is 5.39. The molecule has 0 bridgehead atoms. The van der Waals surface area contributed by atoms with E-state index in [-0.39, 0.29) is 12.4 Å². The quantitative estimate of drug-likeness (QED) is 0.869. The van der Waals surface area contributed by atoms with E-state index < -0.39 is 15.2 Å². The summed E-state index contributed by atoms with van der Waals surface area (Å²) in [4.78, 5) is 1.92. The van der Waals surface area contributed by atoms with E-state index >= 15 is 0 Å². The smallest absolute Gasteiger partial charge is 0.171 e. The molecular formula is C13H18BrNO3S2. The molecule has 1 aliphatic heterocycles. The van der Waals surface area contributed by atoms with Crippen molar-refractivity contribution in [3.05, 3.63) is 28.2 Å². The second-order valence-corrected chi connectivity index (χ2v) is 9.12. The largest absolute Gasteiger partial charge is 0.392 e. The van der Waals surface area contributed by atoms with E-state index in [1.165, 1.54) is 0 Å². The fourth-order valence-electron chi connectivity index (χ4n) is 2.31. The van der Waals surface area contributed by atoms with Crippen LogP contribution < -0.4 is 4.90 Å². The number of sulfone groups is 1. The van der Waals surface area contributed by atoms with Crippen molar-refractivity contribution >= 4 is 43.2 Å². The second-order valence-electron chi connectivity index (χ2n) is 4.61. The zero-order chi connectivity index (χ0) is 14.8. The minimum absolute atomic E-state index is 0.0999. The zero-order valence-electron chi connectivity index (χ0n) is 11.3. The molecule has 2 rings (SSSR count). The van der Waals surface area contributed by atoms with Gasteiger partial charge in [-0.25, -0.2) is 8.42 Å². The van der Waals surface area contributed by atoms with Crippen LogP contribution in [0.1, 0.15) is 12.5 Å². The van der Waals surface area contributed by atoms with E-state index in [0.717, 1.165) is 21.5 Å². The summed E-state index contributed by atoms with van der Waals surface area (Å²) in [6.45, 7) is 2.27. The van der Waals surface area contributed by atoms with Crippen molar-refractivity contribution in [2.45, 2.75) is 18.9 Å². The number of hydrogen-bond acceptors (Lipinski definition) is 5. The Morgan fingerprint density at radius 3 is 2.90 bits per heavy atom. The zero-order valence-corrected chi connectivity index (χ0v) is 14.5. The van der Waals surface area contributed by atoms with Crippen molar-refractivity contribution in [1.82, 2.24) is 0 Å². The number of benzene rings is 1. The molecule has 20 heavy (non-hydrogen) atoms. The summed E-state index contributed by atoms with van der Waals surface area (Å²) in [6.07, 6.45) is 0. The maximum atomic E-state index is 12.3. The van der Waals surface area contributed by atoms with E-state index in [9.17, 15) is 13.5 Å². The van der Waals surface area contributed by atoms with Crippen LogP contribution in [0.5, 0.6) is 0 Å². The van der Waals surface area contributed by atoms with Crippen LogP contribution >= 0.6 is 27.7 Å². The van der Waals surface area contributed by atoms with Gasteiger partial charge in [-0.2, -0.15) is 11.8 Å². The Morgan fingerprint density at radius 2 is 2.25 bits per heavy atom. The van der Waals surface area contributed by atoms with Gasteiger partial charge in [-0.3, -0.25) is 0 Å². The molecule has 0 aliphatic carbocycles. The lowest BCUT2D eigenvalue weighted by atomic mass is 10.1. The summed E-state index contributed by atoms with van der Waals surface area (Å²) in [5, 5.41) is 9.02. The van der Waals surface area contributed by atoms with Crippen LogP contribution in [0.25, 0.3) is 0 Å². The third-order valence-electron chi connectivity index (χ3n) is 3.42. The molecule has 0 radical (unpaired) electrons. The Morgan fingerprint density at radius 1 is 1.50 bits per heavy atom. The Balaban J connectivity index is 2.43. The van der Waals surface area contributed by atoms with Gasteiger partial charge in [0.15, 0.2) is 9.84 Å². The van der Waals surface area contributed by atoms with Crippen molar-refractivity contribution in [1.29, 1.82) is 0 Å². The first-order valence-corrected chi connectivity index (χ1v) is 10.1. The van der Waals surface area contributed by atoms with Crippen LogP contribution in [0.3, 0.4) is 0 Å². The van der Waals surface area contributed by atoms with E-state index in [0.29, 0.717) is 12.3 Å². The van der Waals surface area contributed by atoms with Crippen molar-refractivity contribution in [2.75, 3.05) is 28.7 Å². The van der Waals surface area contributed by atoms with Crippen molar-refractivity contribution in [3.63, 3.8) is 0 Å². The predicted octanol–water partition coefficient (Wildman–Crippen LogP) is 2.26. The summed E-state index contributed by atoms with van der Waals surface area (Å²) in [7, 11) is -3.14. The van der Waals surface area contributed by atoms with Gasteiger partial charge in [0, 0.05) is 39.5 Å². The normalized spacial score (nSPS) is 20.1. The molecule has 4 nitrogen and oxygen atoms in total. The molecule has 1 atom stereocenters. The maximum absolute atomic E-state index is 12.3. The highest BCUT2D eigenvalue weighted by molar-refractivity contribution is 9.10. The predicted molar refractivity (Wildman–Crippen MR) is 88.0 cm³/mol. The van der Waals surface area contributed by atoms with Crippen LogP contribution in [0, 0.1) is 0 Å². The Hall–Kier alpha value is -0.240. The number of anilines is 1. The molecule has 0 aromatic heterocycles. The van der Waals surface area contributed by atoms with Crippen molar-refractivity contribution < 1.29 is 13.5 Å². The topological polar surface area (TPSA) is 57.6 Å². The fourth-order valence-corrected chi connectivity index (χ4v) is 5.70. The van der Waals surface area contributed by atoms with Gasteiger partial charge in [-0.15, -0.1) is 0 Å². The lowest BCUT2D eigenvalue weighted by molar-refractivity contribution is 0.282. The van der Waals surface area contributed by atoms with Gasteiger partial charge in [0.1, 0.15) is 5.37 Å². The second kappa shape index (κ2) is 6.68. The minimum Gasteiger partial charge on any atom is -0.392 e. The number of aliphatic hydroxyl groups excluding tert-OH is 1. The number of rotatable bonds is 4. The van der Waals surface area contributed by atoms with Crippen LogP contribution in [-0.4, -0.2) is 42.7 Å². The van der Waals surface area contributed by atoms with E-state index in [2.05, 4.69) is 15.9 Å². The van der Waals surface area contributed by atoms with Crippen LogP contribution in [-0.2, 0) is 16.4 Å². The standard InChI is InChI=1S/C13H18BrNO3S2/c1-2-20(17,18)13-9-19-6-5-15(13)12-4-3-11(14)7-10(12)8-16/h3-4,7,13,16H,2,5-6,8-9H2,1H3. The van der Waals surface area contributed by atoms with E-state index in [1.54, 1.807) is 18.7 Å². The molecule has 1 unspecified atom stereocenters. The molecule has 0 spiro atoms. The van der Waals surface area contributed by atoms with E-state index in [4.69, 9.17) is 0 Å². The highest BCUT2D eigenvalue weighted by Crippen LogP contribution is 2.31. The van der Waals surface area contributed by atoms with Crippen molar-refractivity contribution in [3.8, 4) is 0 Å². The molecule has 1 saturated heterocycles. The molecule has 1 heterocycles. The van der Waals surface area contributed by atoms with Gasteiger partial charge in [0.05, 0.1) is 6.61 Å². The molecule has 0 saturated carbocycles. The molecule has 1 fully saturated rings. The maximum Gasteiger partial charge on any atom is 0.171 e. The van der Waals surface area contributed by atoms with Crippen LogP contribution in [0.15, 0.2) is 22.7 Å². The number of aliphatic hydroxyl groups is 1. The monoisotopic (exact) mass is 379 g/mol. The fraction of sp³-hybridized carbons (Fsp3) is 0.538. The molecule has 1 N–H and O–H groups in total. The minimum atomic E-state index is -3.14. The molecule has 1 aromatic carbocycles. The first-order chi connectivity index (χ1) is 9.49. The SMILES string of the molecule is CCS(=O)(=O)C1CSCCN1c1ccc(Br)cc1CO. The van der Waals surface area contributed by atoms with Gasteiger partial charge in [-0.05, 0) is 18.2 Å². The van der Waals surface area contributed by atoms with Gasteiger partial charge in [-0.1, -0.05) is 22.9 Å². The third kappa shape index (κ3) is 3.32. The highest BCUT2D eigenvalue weighted by Gasteiger charge is 2.33. The number of thioether (sulfide) groups is 1. The van der Waals surface area contributed by atoms with Crippen LogP contribution in [0.4, 0.5) is 5.69 Å².